The molecule has 1 fully saturated rings. The van der Waals surface area contributed by atoms with Crippen LogP contribution in [0, 0.1) is 23.7 Å². The molecule has 4 atom stereocenters. The predicted octanol–water partition coefficient (Wildman–Crippen LogP) is 4.67. The Bertz CT molecular complexity index is 550. The van der Waals surface area contributed by atoms with Gasteiger partial charge in [0.15, 0.2) is 0 Å². The average Bonchev–Trinajstić information content (AvgIpc) is 2.81. The standard InChI is InChI=1S/C20H29NO/c1-13(2)17-10-9-14(3)11-18(17)20(22)21-15(4)12-16-7-5-6-8-19(16)21/h5-8,13-15,17-18H,9-12H2,1-4H3/t14-,15?,17+,18?/m1/s1. The van der Waals surface area contributed by atoms with Crippen molar-refractivity contribution >= 4 is 11.6 Å². The Labute approximate surface area is 134 Å². The lowest BCUT2D eigenvalue weighted by atomic mass is 9.69. The van der Waals surface area contributed by atoms with Gasteiger partial charge in [-0.3, -0.25) is 4.79 Å². The minimum atomic E-state index is 0.206. The van der Waals surface area contributed by atoms with E-state index in [1.807, 2.05) is 0 Å². The van der Waals surface area contributed by atoms with Crippen molar-refractivity contribution in [3.05, 3.63) is 29.8 Å². The highest BCUT2D eigenvalue weighted by atomic mass is 16.2. The summed E-state index contributed by atoms with van der Waals surface area (Å²) >= 11 is 0. The van der Waals surface area contributed by atoms with E-state index in [0.29, 0.717) is 29.7 Å². The lowest BCUT2D eigenvalue weighted by Crippen LogP contribution is -2.45. The summed E-state index contributed by atoms with van der Waals surface area (Å²) in [5.41, 5.74) is 2.48. The van der Waals surface area contributed by atoms with Gasteiger partial charge < -0.3 is 4.90 Å². The Hall–Kier alpha value is -1.31. The third kappa shape index (κ3) is 2.68. The van der Waals surface area contributed by atoms with Crippen molar-refractivity contribution in [1.29, 1.82) is 0 Å². The summed E-state index contributed by atoms with van der Waals surface area (Å²) < 4.78 is 0. The van der Waals surface area contributed by atoms with Crippen molar-refractivity contribution in [3.8, 4) is 0 Å². The SMILES string of the molecule is CC(C)[C@@H]1CC[C@@H](C)CC1C(=O)N1c2ccccc2CC1C. The second kappa shape index (κ2) is 6.06. The molecule has 1 aromatic rings. The van der Waals surface area contributed by atoms with Gasteiger partial charge in [0.05, 0.1) is 0 Å². The van der Waals surface area contributed by atoms with Crippen LogP contribution >= 0.6 is 0 Å². The molecule has 2 unspecified atom stereocenters. The van der Waals surface area contributed by atoms with E-state index in [-0.39, 0.29) is 5.92 Å². The van der Waals surface area contributed by atoms with E-state index < -0.39 is 0 Å². The zero-order chi connectivity index (χ0) is 15.9. The van der Waals surface area contributed by atoms with Crippen LogP contribution in [0.5, 0.6) is 0 Å². The molecule has 2 heteroatoms. The van der Waals surface area contributed by atoms with Gasteiger partial charge in [0, 0.05) is 17.6 Å². The number of hydrogen-bond acceptors (Lipinski definition) is 1. The summed E-state index contributed by atoms with van der Waals surface area (Å²) in [6.07, 6.45) is 4.54. The molecule has 3 rings (SSSR count). The van der Waals surface area contributed by atoms with Gasteiger partial charge in [-0.1, -0.05) is 45.4 Å². The number of nitrogens with zero attached hydrogens (tertiary/aromatic N) is 1. The highest BCUT2D eigenvalue weighted by molar-refractivity contribution is 5.97. The van der Waals surface area contributed by atoms with Crippen molar-refractivity contribution in [2.75, 3.05) is 4.90 Å². The number of para-hydroxylation sites is 1. The van der Waals surface area contributed by atoms with Crippen molar-refractivity contribution in [2.45, 2.75) is 59.4 Å². The average molecular weight is 299 g/mol. The fraction of sp³-hybridized carbons (Fsp3) is 0.650. The van der Waals surface area contributed by atoms with Crippen LogP contribution < -0.4 is 4.90 Å². The number of carbonyl (C=O) groups is 1. The molecule has 0 spiro atoms. The summed E-state index contributed by atoms with van der Waals surface area (Å²) in [6.45, 7) is 9.05. The largest absolute Gasteiger partial charge is 0.309 e. The maximum atomic E-state index is 13.4. The molecular formula is C20H29NO. The molecule has 1 saturated carbocycles. The van der Waals surface area contributed by atoms with E-state index in [4.69, 9.17) is 0 Å². The summed E-state index contributed by atoms with van der Waals surface area (Å²) in [4.78, 5) is 15.5. The van der Waals surface area contributed by atoms with Crippen LogP contribution in [0.2, 0.25) is 0 Å². The smallest absolute Gasteiger partial charge is 0.230 e. The van der Waals surface area contributed by atoms with E-state index in [9.17, 15) is 4.79 Å². The number of amides is 1. The molecule has 1 heterocycles. The van der Waals surface area contributed by atoms with Crippen molar-refractivity contribution in [2.24, 2.45) is 23.7 Å². The molecule has 1 aliphatic heterocycles. The van der Waals surface area contributed by atoms with Crippen molar-refractivity contribution < 1.29 is 4.79 Å². The minimum absolute atomic E-state index is 0.206. The molecule has 1 aromatic carbocycles. The third-order valence-corrected chi connectivity index (χ3v) is 5.78. The Morgan fingerprint density at radius 2 is 1.91 bits per heavy atom. The van der Waals surface area contributed by atoms with Crippen LogP contribution in [0.25, 0.3) is 0 Å². The van der Waals surface area contributed by atoms with Crippen LogP contribution in [0.15, 0.2) is 24.3 Å². The first kappa shape index (κ1) is 15.6. The molecule has 0 N–H and O–H groups in total. The zero-order valence-electron chi connectivity index (χ0n) is 14.4. The van der Waals surface area contributed by atoms with Gasteiger partial charge in [-0.05, 0) is 55.6 Å². The number of carbonyl (C=O) groups excluding carboxylic acids is 1. The molecule has 0 aromatic heterocycles. The monoisotopic (exact) mass is 299 g/mol. The number of anilines is 1. The van der Waals surface area contributed by atoms with Gasteiger partial charge in [0.25, 0.3) is 0 Å². The molecule has 22 heavy (non-hydrogen) atoms. The Balaban J connectivity index is 1.89. The van der Waals surface area contributed by atoms with Crippen LogP contribution in [-0.4, -0.2) is 11.9 Å². The molecule has 0 saturated heterocycles. The van der Waals surface area contributed by atoms with Crippen LogP contribution in [-0.2, 0) is 11.2 Å². The molecule has 2 nitrogen and oxygen atoms in total. The normalized spacial score (nSPS) is 31.4. The molecule has 1 aliphatic carbocycles. The van der Waals surface area contributed by atoms with Crippen molar-refractivity contribution in [3.63, 3.8) is 0 Å². The second-order valence-electron chi connectivity index (χ2n) is 7.82. The molecule has 0 bridgehead atoms. The first-order chi connectivity index (χ1) is 10.5. The summed E-state index contributed by atoms with van der Waals surface area (Å²) in [5, 5.41) is 0. The number of hydrogen-bond donors (Lipinski definition) is 0. The van der Waals surface area contributed by atoms with Gasteiger partial charge in [0.2, 0.25) is 5.91 Å². The lowest BCUT2D eigenvalue weighted by molar-refractivity contribution is -0.126. The highest BCUT2D eigenvalue weighted by Crippen LogP contribution is 2.41. The summed E-state index contributed by atoms with van der Waals surface area (Å²) in [5.74, 6) is 2.40. The van der Waals surface area contributed by atoms with Crippen molar-refractivity contribution in [1.82, 2.24) is 0 Å². The van der Waals surface area contributed by atoms with E-state index in [1.165, 1.54) is 18.4 Å². The van der Waals surface area contributed by atoms with Gasteiger partial charge in [-0.25, -0.2) is 0 Å². The molecule has 2 aliphatic rings. The quantitative estimate of drug-likeness (QED) is 0.777. The van der Waals surface area contributed by atoms with Crippen LogP contribution in [0.3, 0.4) is 0 Å². The Kier molecular flexibility index (Phi) is 4.29. The van der Waals surface area contributed by atoms with E-state index in [2.05, 4.69) is 56.9 Å². The van der Waals surface area contributed by atoms with Gasteiger partial charge in [-0.2, -0.15) is 0 Å². The summed E-state index contributed by atoms with van der Waals surface area (Å²) in [7, 11) is 0. The molecule has 1 amide bonds. The first-order valence-corrected chi connectivity index (χ1v) is 8.90. The first-order valence-electron chi connectivity index (χ1n) is 8.90. The van der Waals surface area contributed by atoms with Gasteiger partial charge >= 0.3 is 0 Å². The van der Waals surface area contributed by atoms with Crippen LogP contribution in [0.1, 0.15) is 52.5 Å². The van der Waals surface area contributed by atoms with Crippen LogP contribution in [0.4, 0.5) is 5.69 Å². The second-order valence-corrected chi connectivity index (χ2v) is 7.82. The molecular weight excluding hydrogens is 270 g/mol. The zero-order valence-corrected chi connectivity index (χ0v) is 14.4. The Morgan fingerprint density at radius 3 is 2.64 bits per heavy atom. The summed E-state index contributed by atoms with van der Waals surface area (Å²) in [6, 6.07) is 8.73. The number of rotatable bonds is 2. The molecule has 120 valence electrons. The minimum Gasteiger partial charge on any atom is -0.309 e. The Morgan fingerprint density at radius 1 is 1.18 bits per heavy atom. The van der Waals surface area contributed by atoms with E-state index in [1.54, 1.807) is 0 Å². The van der Waals surface area contributed by atoms with Gasteiger partial charge in [-0.15, -0.1) is 0 Å². The fourth-order valence-corrected chi connectivity index (χ4v) is 4.57. The highest BCUT2D eigenvalue weighted by Gasteiger charge is 2.41. The predicted molar refractivity (Wildman–Crippen MR) is 91.9 cm³/mol. The molecule has 0 radical (unpaired) electrons. The lowest BCUT2D eigenvalue weighted by Gasteiger charge is -2.39. The number of benzene rings is 1. The van der Waals surface area contributed by atoms with E-state index >= 15 is 0 Å². The topological polar surface area (TPSA) is 20.3 Å². The fourth-order valence-electron chi connectivity index (χ4n) is 4.57. The van der Waals surface area contributed by atoms with Gasteiger partial charge in [0.1, 0.15) is 0 Å². The van der Waals surface area contributed by atoms with E-state index in [0.717, 1.165) is 18.5 Å². The number of fused-ring (bicyclic) bond motifs is 1. The maximum Gasteiger partial charge on any atom is 0.230 e. The third-order valence-electron chi connectivity index (χ3n) is 5.78. The maximum absolute atomic E-state index is 13.4.